The molecule has 4 nitrogen and oxygen atoms in total. The van der Waals surface area contributed by atoms with Gasteiger partial charge in [-0.25, -0.2) is 4.79 Å². The molecular formula is C14H12BrNO3S. The fourth-order valence-electron chi connectivity index (χ4n) is 1.55. The number of hydrogen-bond acceptors (Lipinski definition) is 4. The first kappa shape index (κ1) is 14.7. The highest BCUT2D eigenvalue weighted by molar-refractivity contribution is 9.10. The summed E-state index contributed by atoms with van der Waals surface area (Å²) in [5.74, 6) is -0.854. The molecule has 0 aliphatic rings. The molecule has 1 aromatic carbocycles. The van der Waals surface area contributed by atoms with Crippen LogP contribution in [0.3, 0.4) is 0 Å². The van der Waals surface area contributed by atoms with Crippen LogP contribution in [0.2, 0.25) is 0 Å². The summed E-state index contributed by atoms with van der Waals surface area (Å²) in [4.78, 5) is 23.3. The normalized spacial score (nSPS) is 10.1. The van der Waals surface area contributed by atoms with E-state index in [1.54, 1.807) is 22.9 Å². The van der Waals surface area contributed by atoms with E-state index < -0.39 is 5.97 Å². The minimum absolute atomic E-state index is 0.301. The number of anilines is 1. The van der Waals surface area contributed by atoms with Gasteiger partial charge < -0.3 is 10.1 Å². The molecule has 0 bridgehead atoms. The van der Waals surface area contributed by atoms with Crippen LogP contribution in [0.4, 0.5) is 5.69 Å². The quantitative estimate of drug-likeness (QED) is 0.854. The smallest absolute Gasteiger partial charge is 0.339 e. The molecule has 0 spiro atoms. The van der Waals surface area contributed by atoms with Gasteiger partial charge in [0.05, 0.1) is 5.56 Å². The van der Waals surface area contributed by atoms with Crippen LogP contribution in [0.5, 0.6) is 0 Å². The molecule has 20 heavy (non-hydrogen) atoms. The molecule has 1 amide bonds. The second-order valence-corrected chi connectivity index (χ2v) is 5.79. The number of nitrogens with one attached hydrogen (secondary N) is 1. The van der Waals surface area contributed by atoms with E-state index in [-0.39, 0.29) is 12.5 Å². The molecule has 2 rings (SSSR count). The van der Waals surface area contributed by atoms with E-state index in [4.69, 9.17) is 4.74 Å². The van der Waals surface area contributed by atoms with Crippen LogP contribution >= 0.6 is 27.3 Å². The largest absolute Gasteiger partial charge is 0.452 e. The van der Waals surface area contributed by atoms with E-state index in [1.165, 1.54) is 11.3 Å². The van der Waals surface area contributed by atoms with Crippen molar-refractivity contribution in [3.05, 3.63) is 50.6 Å². The van der Waals surface area contributed by atoms with Crippen molar-refractivity contribution in [3.63, 3.8) is 0 Å². The molecule has 104 valence electrons. The van der Waals surface area contributed by atoms with Crippen molar-refractivity contribution in [1.29, 1.82) is 0 Å². The standard InChI is InChI=1S/C14H12BrNO3S/c1-9-6-11(15)2-3-12(9)16-13(17)7-19-14(18)10-4-5-20-8-10/h2-6,8H,7H2,1H3,(H,16,17). The molecule has 0 saturated carbocycles. The van der Waals surface area contributed by atoms with Gasteiger partial charge in [0, 0.05) is 15.5 Å². The van der Waals surface area contributed by atoms with E-state index in [9.17, 15) is 9.59 Å². The van der Waals surface area contributed by atoms with Crippen molar-refractivity contribution in [2.45, 2.75) is 6.92 Å². The number of carbonyl (C=O) groups is 2. The first-order valence-corrected chi connectivity index (χ1v) is 7.55. The predicted octanol–water partition coefficient (Wildman–Crippen LogP) is 3.61. The van der Waals surface area contributed by atoms with Crippen molar-refractivity contribution in [2.75, 3.05) is 11.9 Å². The van der Waals surface area contributed by atoms with Gasteiger partial charge in [-0.1, -0.05) is 15.9 Å². The van der Waals surface area contributed by atoms with Crippen molar-refractivity contribution < 1.29 is 14.3 Å². The van der Waals surface area contributed by atoms with Crippen molar-refractivity contribution in [1.82, 2.24) is 0 Å². The number of carbonyl (C=O) groups excluding carboxylic acids is 2. The zero-order valence-electron chi connectivity index (χ0n) is 10.7. The molecule has 1 heterocycles. The summed E-state index contributed by atoms with van der Waals surface area (Å²) >= 11 is 4.76. The van der Waals surface area contributed by atoms with Crippen LogP contribution in [-0.4, -0.2) is 18.5 Å². The summed E-state index contributed by atoms with van der Waals surface area (Å²) in [6.45, 7) is 1.59. The summed E-state index contributed by atoms with van der Waals surface area (Å²) in [5, 5.41) is 6.16. The Kier molecular flexibility index (Phi) is 4.92. The maximum atomic E-state index is 11.7. The molecule has 2 aromatic rings. The lowest BCUT2D eigenvalue weighted by Crippen LogP contribution is -2.21. The monoisotopic (exact) mass is 353 g/mol. The van der Waals surface area contributed by atoms with Crippen molar-refractivity contribution in [3.8, 4) is 0 Å². The minimum Gasteiger partial charge on any atom is -0.452 e. The van der Waals surface area contributed by atoms with Crippen LogP contribution in [0, 0.1) is 6.92 Å². The molecule has 6 heteroatoms. The molecular weight excluding hydrogens is 342 g/mol. The lowest BCUT2D eigenvalue weighted by molar-refractivity contribution is -0.119. The van der Waals surface area contributed by atoms with E-state index >= 15 is 0 Å². The third-order valence-electron chi connectivity index (χ3n) is 2.55. The highest BCUT2D eigenvalue weighted by atomic mass is 79.9. The van der Waals surface area contributed by atoms with Gasteiger partial charge >= 0.3 is 5.97 Å². The van der Waals surface area contributed by atoms with Gasteiger partial charge in [0.1, 0.15) is 0 Å². The average molecular weight is 354 g/mol. The number of hydrogen-bond donors (Lipinski definition) is 1. The summed E-state index contributed by atoms with van der Waals surface area (Å²) in [6, 6.07) is 7.18. The number of aryl methyl sites for hydroxylation is 1. The number of halogens is 1. The van der Waals surface area contributed by atoms with Gasteiger partial charge in [-0.2, -0.15) is 11.3 Å². The van der Waals surface area contributed by atoms with Gasteiger partial charge in [0.2, 0.25) is 0 Å². The Balaban J connectivity index is 1.88. The Hall–Kier alpha value is -1.66. The Morgan fingerprint density at radius 1 is 1.35 bits per heavy atom. The summed E-state index contributed by atoms with van der Waals surface area (Å²) in [7, 11) is 0. The summed E-state index contributed by atoms with van der Waals surface area (Å²) < 4.78 is 5.87. The molecule has 1 aromatic heterocycles. The van der Waals surface area contributed by atoms with Gasteiger partial charge in [0.25, 0.3) is 5.91 Å². The highest BCUT2D eigenvalue weighted by Crippen LogP contribution is 2.19. The average Bonchev–Trinajstić information content (AvgIpc) is 2.93. The fraction of sp³-hybridized carbons (Fsp3) is 0.143. The lowest BCUT2D eigenvalue weighted by atomic mass is 10.2. The molecule has 0 saturated heterocycles. The predicted molar refractivity (Wildman–Crippen MR) is 82.1 cm³/mol. The Labute approximate surface area is 128 Å². The third-order valence-corrected chi connectivity index (χ3v) is 3.73. The second kappa shape index (κ2) is 6.67. The Bertz CT molecular complexity index is 625. The molecule has 0 aliphatic heterocycles. The Morgan fingerprint density at radius 2 is 2.15 bits per heavy atom. The lowest BCUT2D eigenvalue weighted by Gasteiger charge is -2.09. The summed E-state index contributed by atoms with van der Waals surface area (Å²) in [6.07, 6.45) is 0. The molecule has 0 unspecified atom stereocenters. The number of benzene rings is 1. The number of ether oxygens (including phenoxy) is 1. The maximum Gasteiger partial charge on any atom is 0.339 e. The van der Waals surface area contributed by atoms with Gasteiger partial charge in [0.15, 0.2) is 6.61 Å². The molecule has 0 fully saturated rings. The van der Waals surface area contributed by atoms with E-state index in [2.05, 4.69) is 21.2 Å². The van der Waals surface area contributed by atoms with Crippen LogP contribution in [0.1, 0.15) is 15.9 Å². The molecule has 0 radical (unpaired) electrons. The maximum absolute atomic E-state index is 11.7. The Morgan fingerprint density at radius 3 is 2.80 bits per heavy atom. The van der Waals surface area contributed by atoms with Crippen LogP contribution in [0.25, 0.3) is 0 Å². The van der Waals surface area contributed by atoms with Gasteiger partial charge in [-0.3, -0.25) is 4.79 Å². The van der Waals surface area contributed by atoms with E-state index in [0.717, 1.165) is 10.0 Å². The number of rotatable bonds is 4. The zero-order chi connectivity index (χ0) is 14.5. The number of esters is 1. The van der Waals surface area contributed by atoms with Crippen molar-refractivity contribution >= 4 is 44.8 Å². The van der Waals surface area contributed by atoms with E-state index in [0.29, 0.717) is 11.3 Å². The summed E-state index contributed by atoms with van der Waals surface area (Å²) in [5.41, 5.74) is 2.09. The van der Waals surface area contributed by atoms with E-state index in [1.807, 2.05) is 19.1 Å². The van der Waals surface area contributed by atoms with Gasteiger partial charge in [-0.05, 0) is 42.1 Å². The van der Waals surface area contributed by atoms with Crippen LogP contribution in [0.15, 0.2) is 39.5 Å². The van der Waals surface area contributed by atoms with Gasteiger partial charge in [-0.15, -0.1) is 0 Å². The molecule has 0 atom stereocenters. The third kappa shape index (κ3) is 3.91. The first-order valence-electron chi connectivity index (χ1n) is 5.81. The zero-order valence-corrected chi connectivity index (χ0v) is 13.1. The first-order chi connectivity index (χ1) is 9.56. The van der Waals surface area contributed by atoms with Crippen LogP contribution in [-0.2, 0) is 9.53 Å². The topological polar surface area (TPSA) is 55.4 Å². The van der Waals surface area contributed by atoms with Crippen LogP contribution < -0.4 is 5.32 Å². The molecule has 1 N–H and O–H groups in total. The SMILES string of the molecule is Cc1cc(Br)ccc1NC(=O)COC(=O)c1ccsc1. The second-order valence-electron chi connectivity index (χ2n) is 4.10. The highest BCUT2D eigenvalue weighted by Gasteiger charge is 2.11. The number of amides is 1. The molecule has 0 aliphatic carbocycles. The van der Waals surface area contributed by atoms with Crippen molar-refractivity contribution in [2.24, 2.45) is 0 Å². The minimum atomic E-state index is -0.492. The fourth-order valence-corrected chi connectivity index (χ4v) is 2.65. The number of thiophene rings is 1.